The third kappa shape index (κ3) is 4.30. The molecule has 5 atom stereocenters. The summed E-state index contributed by atoms with van der Waals surface area (Å²) < 4.78 is 11.2. The summed E-state index contributed by atoms with van der Waals surface area (Å²) in [5.74, 6) is 1.13. The highest BCUT2D eigenvalue weighted by Crippen LogP contribution is 2.46. The number of rotatable bonds is 7. The summed E-state index contributed by atoms with van der Waals surface area (Å²) in [5, 5.41) is 0. The van der Waals surface area contributed by atoms with Crippen LogP contribution < -0.4 is 0 Å². The predicted octanol–water partition coefficient (Wildman–Crippen LogP) is 3.78. The minimum atomic E-state index is -0.377. The van der Waals surface area contributed by atoms with Crippen LogP contribution in [0.5, 0.6) is 0 Å². The molecular formula is C21H28O4. The molecule has 136 valence electrons. The van der Waals surface area contributed by atoms with E-state index in [1.54, 1.807) is 0 Å². The number of benzene rings is 1. The molecular weight excluding hydrogens is 316 g/mol. The predicted molar refractivity (Wildman–Crippen MR) is 94.8 cm³/mol. The highest BCUT2D eigenvalue weighted by atomic mass is 16.5. The molecule has 0 bridgehead atoms. The molecule has 2 aliphatic carbocycles. The molecule has 0 saturated heterocycles. The SMILES string of the molecule is C[C@@H](OC=O)[C@@H]1C(=O)C[C@@H]2CCCC[C@H]2[C@@H]1COCc1ccccc1. The first-order chi connectivity index (χ1) is 12.2. The first-order valence-corrected chi connectivity index (χ1v) is 9.44. The van der Waals surface area contributed by atoms with Gasteiger partial charge in [-0.3, -0.25) is 9.59 Å². The van der Waals surface area contributed by atoms with Crippen LogP contribution in [0.15, 0.2) is 30.3 Å². The second-order valence-corrected chi connectivity index (χ2v) is 7.51. The van der Waals surface area contributed by atoms with Crippen LogP contribution in [-0.2, 0) is 25.7 Å². The summed E-state index contributed by atoms with van der Waals surface area (Å²) in [5.41, 5.74) is 1.14. The fraction of sp³-hybridized carbons (Fsp3) is 0.619. The number of fused-ring (bicyclic) bond motifs is 1. The minimum Gasteiger partial charge on any atom is -0.464 e. The monoisotopic (exact) mass is 344 g/mol. The van der Waals surface area contributed by atoms with Crippen molar-refractivity contribution in [2.24, 2.45) is 23.7 Å². The molecule has 2 aliphatic rings. The molecule has 0 spiro atoms. The Balaban J connectivity index is 1.70. The van der Waals surface area contributed by atoms with E-state index in [2.05, 4.69) is 0 Å². The van der Waals surface area contributed by atoms with Gasteiger partial charge in [0, 0.05) is 6.42 Å². The van der Waals surface area contributed by atoms with Crippen molar-refractivity contribution in [2.45, 2.75) is 51.7 Å². The van der Waals surface area contributed by atoms with Crippen molar-refractivity contribution >= 4 is 12.3 Å². The summed E-state index contributed by atoms with van der Waals surface area (Å²) in [4.78, 5) is 23.5. The smallest absolute Gasteiger partial charge is 0.293 e. The Bertz CT molecular complexity index is 571. The third-order valence-electron chi connectivity index (χ3n) is 6.01. The first kappa shape index (κ1) is 18.1. The molecule has 0 aromatic heterocycles. The second-order valence-electron chi connectivity index (χ2n) is 7.51. The van der Waals surface area contributed by atoms with Gasteiger partial charge in [-0.05, 0) is 43.1 Å². The molecule has 0 radical (unpaired) electrons. The van der Waals surface area contributed by atoms with Gasteiger partial charge in [-0.15, -0.1) is 0 Å². The van der Waals surface area contributed by atoms with Gasteiger partial charge in [0.2, 0.25) is 0 Å². The Morgan fingerprint density at radius 1 is 1.20 bits per heavy atom. The Labute approximate surface area is 149 Å². The molecule has 25 heavy (non-hydrogen) atoms. The Hall–Kier alpha value is -1.68. The van der Waals surface area contributed by atoms with Crippen molar-refractivity contribution in [3.05, 3.63) is 35.9 Å². The van der Waals surface area contributed by atoms with Gasteiger partial charge in [-0.25, -0.2) is 0 Å². The van der Waals surface area contributed by atoms with E-state index in [1.165, 1.54) is 12.8 Å². The van der Waals surface area contributed by atoms with Gasteiger partial charge < -0.3 is 9.47 Å². The number of hydrogen-bond donors (Lipinski definition) is 0. The van der Waals surface area contributed by atoms with Gasteiger partial charge in [-0.1, -0.05) is 43.2 Å². The molecule has 0 aliphatic heterocycles. The van der Waals surface area contributed by atoms with Crippen LogP contribution in [0.1, 0.15) is 44.6 Å². The molecule has 2 saturated carbocycles. The molecule has 0 amide bonds. The molecule has 0 unspecified atom stereocenters. The molecule has 1 aromatic carbocycles. The lowest BCUT2D eigenvalue weighted by Crippen LogP contribution is -2.48. The van der Waals surface area contributed by atoms with Crippen LogP contribution in [0, 0.1) is 23.7 Å². The zero-order chi connectivity index (χ0) is 17.6. The number of ether oxygens (including phenoxy) is 2. The van der Waals surface area contributed by atoms with Crippen LogP contribution in [-0.4, -0.2) is 25.0 Å². The number of carbonyl (C=O) groups is 2. The Kier molecular flexibility index (Phi) is 6.24. The molecule has 2 fully saturated rings. The van der Waals surface area contributed by atoms with E-state index in [9.17, 15) is 9.59 Å². The zero-order valence-corrected chi connectivity index (χ0v) is 14.9. The minimum absolute atomic E-state index is 0.144. The first-order valence-electron chi connectivity index (χ1n) is 9.44. The fourth-order valence-electron chi connectivity index (χ4n) is 4.85. The van der Waals surface area contributed by atoms with Crippen molar-refractivity contribution in [3.8, 4) is 0 Å². The van der Waals surface area contributed by atoms with Crippen molar-refractivity contribution in [3.63, 3.8) is 0 Å². The van der Waals surface area contributed by atoms with Gasteiger partial charge in [0.1, 0.15) is 11.9 Å². The third-order valence-corrected chi connectivity index (χ3v) is 6.01. The van der Waals surface area contributed by atoms with E-state index >= 15 is 0 Å². The number of ketones is 1. The molecule has 0 N–H and O–H groups in total. The van der Waals surface area contributed by atoms with E-state index < -0.39 is 0 Å². The van der Waals surface area contributed by atoms with Gasteiger partial charge in [0.05, 0.1) is 19.1 Å². The van der Waals surface area contributed by atoms with Crippen LogP contribution in [0.2, 0.25) is 0 Å². The van der Waals surface area contributed by atoms with Crippen LogP contribution in [0.25, 0.3) is 0 Å². The van der Waals surface area contributed by atoms with Gasteiger partial charge in [0.25, 0.3) is 6.47 Å². The maximum atomic E-state index is 12.8. The second kappa shape index (κ2) is 8.61. The summed E-state index contributed by atoms with van der Waals surface area (Å²) in [6.07, 6.45) is 5.00. The van der Waals surface area contributed by atoms with Gasteiger partial charge in [-0.2, -0.15) is 0 Å². The lowest BCUT2D eigenvalue weighted by atomic mass is 9.60. The van der Waals surface area contributed by atoms with Crippen molar-refractivity contribution in [2.75, 3.05) is 6.61 Å². The average Bonchev–Trinajstić information content (AvgIpc) is 2.62. The molecule has 3 rings (SSSR count). The number of hydrogen-bond acceptors (Lipinski definition) is 4. The highest BCUT2D eigenvalue weighted by molar-refractivity contribution is 5.83. The lowest BCUT2D eigenvalue weighted by molar-refractivity contribution is -0.150. The molecule has 1 aromatic rings. The maximum absolute atomic E-state index is 12.8. The quantitative estimate of drug-likeness (QED) is 0.707. The summed E-state index contributed by atoms with van der Waals surface area (Å²) in [6.45, 7) is 3.41. The van der Waals surface area contributed by atoms with Crippen molar-refractivity contribution < 1.29 is 19.1 Å². The normalized spacial score (nSPS) is 30.4. The van der Waals surface area contributed by atoms with E-state index in [0.29, 0.717) is 37.9 Å². The van der Waals surface area contributed by atoms with Gasteiger partial charge >= 0.3 is 0 Å². The van der Waals surface area contributed by atoms with E-state index in [1.807, 2.05) is 37.3 Å². The Morgan fingerprint density at radius 3 is 2.72 bits per heavy atom. The molecule has 4 heteroatoms. The van der Waals surface area contributed by atoms with E-state index in [0.717, 1.165) is 18.4 Å². The largest absolute Gasteiger partial charge is 0.464 e. The van der Waals surface area contributed by atoms with Crippen LogP contribution in [0.3, 0.4) is 0 Å². The van der Waals surface area contributed by atoms with Crippen molar-refractivity contribution in [1.82, 2.24) is 0 Å². The topological polar surface area (TPSA) is 52.6 Å². The number of Topliss-reactive ketones (excluding diaryl/α,β-unsaturated/α-hetero) is 1. The fourth-order valence-corrected chi connectivity index (χ4v) is 4.85. The standard InChI is InChI=1S/C21H28O4/c1-15(25-14-22)21-19(13-24-12-16-7-3-2-4-8-16)18-10-6-5-9-17(18)11-20(21)23/h2-4,7-8,14-15,17-19,21H,5-6,9-13H2,1H3/t15-,17+,18-,19+,21+/m1/s1. The van der Waals surface area contributed by atoms with Crippen LogP contribution in [0.4, 0.5) is 0 Å². The lowest BCUT2D eigenvalue weighted by Gasteiger charge is -2.45. The van der Waals surface area contributed by atoms with E-state index in [4.69, 9.17) is 9.47 Å². The zero-order valence-electron chi connectivity index (χ0n) is 14.9. The summed E-state index contributed by atoms with van der Waals surface area (Å²) in [6, 6.07) is 10.1. The number of carbonyl (C=O) groups excluding carboxylic acids is 2. The maximum Gasteiger partial charge on any atom is 0.293 e. The summed E-state index contributed by atoms with van der Waals surface area (Å²) >= 11 is 0. The molecule has 4 nitrogen and oxygen atoms in total. The average molecular weight is 344 g/mol. The van der Waals surface area contributed by atoms with Crippen LogP contribution >= 0.6 is 0 Å². The summed E-state index contributed by atoms with van der Waals surface area (Å²) in [7, 11) is 0. The van der Waals surface area contributed by atoms with Crippen molar-refractivity contribution in [1.29, 1.82) is 0 Å². The highest BCUT2D eigenvalue weighted by Gasteiger charge is 2.47. The van der Waals surface area contributed by atoms with E-state index in [-0.39, 0.29) is 23.7 Å². The molecule has 0 heterocycles. The Morgan fingerprint density at radius 2 is 1.96 bits per heavy atom. The van der Waals surface area contributed by atoms with Gasteiger partial charge in [0.15, 0.2) is 0 Å².